The monoisotopic (exact) mass is 494 g/mol. The summed E-state index contributed by atoms with van der Waals surface area (Å²) in [5, 5.41) is 8.37. The van der Waals surface area contributed by atoms with Gasteiger partial charge in [-0.05, 0) is 56.1 Å². The number of pyridine rings is 3. The molecule has 0 spiro atoms. The Kier molecular flexibility index (Phi) is 5.78. The number of fused-ring (bicyclic) bond motifs is 2. The number of rotatable bonds is 7. The molecule has 10 heteroatoms. The van der Waals surface area contributed by atoms with Crippen LogP contribution in [0, 0.1) is 5.82 Å². The standard InChI is InChI=1S/C27H23FN8O/c1-36(2)8-9-37-19-11-17(10-18(28)12-19)20-5-7-30-26-24(20)32-27(33-26)25-21-13-22(16-4-3-6-29-14-16)31-15-23(21)34-35-25/h3-7,10-15H,8-9H2,1-2H3,(H,34,35)(H,30,32,33). The first-order valence-electron chi connectivity index (χ1n) is 11.7. The van der Waals surface area contributed by atoms with Crippen LogP contribution in [0.2, 0.25) is 0 Å². The highest BCUT2D eigenvalue weighted by Crippen LogP contribution is 2.33. The Bertz CT molecular complexity index is 1710. The zero-order valence-corrected chi connectivity index (χ0v) is 20.2. The zero-order valence-electron chi connectivity index (χ0n) is 20.2. The van der Waals surface area contributed by atoms with Gasteiger partial charge in [-0.3, -0.25) is 15.1 Å². The molecular weight excluding hydrogens is 471 g/mol. The molecule has 1 aromatic carbocycles. The van der Waals surface area contributed by atoms with Gasteiger partial charge in [0, 0.05) is 47.7 Å². The van der Waals surface area contributed by atoms with Crippen LogP contribution < -0.4 is 4.74 Å². The summed E-state index contributed by atoms with van der Waals surface area (Å²) >= 11 is 0. The minimum atomic E-state index is -0.379. The second-order valence-electron chi connectivity index (χ2n) is 8.90. The number of benzene rings is 1. The molecule has 9 nitrogen and oxygen atoms in total. The number of aromatic nitrogens is 7. The number of H-pyrrole nitrogens is 2. The summed E-state index contributed by atoms with van der Waals surface area (Å²) in [6, 6.07) is 12.3. The van der Waals surface area contributed by atoms with Gasteiger partial charge in [0.2, 0.25) is 0 Å². The number of nitrogens with zero attached hydrogens (tertiary/aromatic N) is 6. The van der Waals surface area contributed by atoms with Crippen molar-refractivity contribution in [3.05, 3.63) is 73.1 Å². The van der Waals surface area contributed by atoms with Gasteiger partial charge < -0.3 is 14.6 Å². The molecule has 0 saturated heterocycles. The molecule has 0 fully saturated rings. The van der Waals surface area contributed by atoms with Crippen molar-refractivity contribution in [1.29, 1.82) is 0 Å². The minimum Gasteiger partial charge on any atom is -0.492 e. The van der Waals surface area contributed by atoms with Crippen molar-refractivity contribution in [1.82, 2.24) is 40.0 Å². The normalized spacial score (nSPS) is 11.6. The molecule has 0 radical (unpaired) electrons. The number of hydrogen-bond donors (Lipinski definition) is 2. The smallest absolute Gasteiger partial charge is 0.178 e. The fourth-order valence-corrected chi connectivity index (χ4v) is 4.18. The molecule has 0 aliphatic rings. The minimum absolute atomic E-state index is 0.379. The van der Waals surface area contributed by atoms with Crippen molar-refractivity contribution in [2.45, 2.75) is 0 Å². The van der Waals surface area contributed by atoms with Crippen LogP contribution in [0.25, 0.3) is 56.0 Å². The first-order chi connectivity index (χ1) is 18.0. The van der Waals surface area contributed by atoms with Crippen LogP contribution in [0.3, 0.4) is 0 Å². The maximum Gasteiger partial charge on any atom is 0.178 e. The molecular formula is C27H23FN8O. The Morgan fingerprint density at radius 3 is 2.76 bits per heavy atom. The highest BCUT2D eigenvalue weighted by molar-refractivity contribution is 5.96. The van der Waals surface area contributed by atoms with Crippen molar-refractivity contribution in [3.8, 4) is 39.7 Å². The third kappa shape index (κ3) is 4.50. The first-order valence-corrected chi connectivity index (χ1v) is 11.7. The second kappa shape index (κ2) is 9.40. The van der Waals surface area contributed by atoms with E-state index >= 15 is 0 Å². The van der Waals surface area contributed by atoms with E-state index in [1.54, 1.807) is 24.8 Å². The average Bonchev–Trinajstić information content (AvgIpc) is 3.52. The predicted molar refractivity (Wildman–Crippen MR) is 139 cm³/mol. The molecule has 5 heterocycles. The topological polar surface area (TPSA) is 108 Å². The molecule has 0 amide bonds. The molecule has 6 rings (SSSR count). The molecule has 0 aliphatic carbocycles. The van der Waals surface area contributed by atoms with Gasteiger partial charge in [0.05, 0.1) is 22.9 Å². The molecule has 6 aromatic rings. The predicted octanol–water partition coefficient (Wildman–Crippen LogP) is 4.70. The molecule has 37 heavy (non-hydrogen) atoms. The Labute approximate surface area is 211 Å². The Morgan fingerprint density at radius 1 is 1.00 bits per heavy atom. The number of hydrogen-bond acceptors (Lipinski definition) is 7. The van der Waals surface area contributed by atoms with Gasteiger partial charge in [0.25, 0.3) is 0 Å². The summed E-state index contributed by atoms with van der Waals surface area (Å²) in [4.78, 5) is 23.2. The van der Waals surface area contributed by atoms with Crippen molar-refractivity contribution >= 4 is 22.1 Å². The van der Waals surface area contributed by atoms with E-state index in [4.69, 9.17) is 9.72 Å². The lowest BCUT2D eigenvalue weighted by molar-refractivity contribution is 0.260. The van der Waals surface area contributed by atoms with Gasteiger partial charge in [-0.1, -0.05) is 0 Å². The summed E-state index contributed by atoms with van der Waals surface area (Å²) < 4.78 is 20.3. The van der Waals surface area contributed by atoms with Gasteiger partial charge >= 0.3 is 0 Å². The van der Waals surface area contributed by atoms with E-state index in [0.29, 0.717) is 40.6 Å². The van der Waals surface area contributed by atoms with E-state index in [1.807, 2.05) is 49.3 Å². The summed E-state index contributed by atoms with van der Waals surface area (Å²) in [5.41, 5.74) is 5.71. The largest absolute Gasteiger partial charge is 0.492 e. The molecule has 0 atom stereocenters. The van der Waals surface area contributed by atoms with E-state index in [2.05, 4.69) is 30.1 Å². The van der Waals surface area contributed by atoms with Gasteiger partial charge in [-0.2, -0.15) is 5.10 Å². The highest BCUT2D eigenvalue weighted by Gasteiger charge is 2.17. The number of aromatic amines is 2. The Balaban J connectivity index is 1.41. The van der Waals surface area contributed by atoms with Crippen LogP contribution in [-0.2, 0) is 0 Å². The van der Waals surface area contributed by atoms with Crippen LogP contribution in [-0.4, -0.2) is 67.3 Å². The van der Waals surface area contributed by atoms with Gasteiger partial charge in [-0.25, -0.2) is 14.4 Å². The van der Waals surface area contributed by atoms with Crippen molar-refractivity contribution in [2.24, 2.45) is 0 Å². The van der Waals surface area contributed by atoms with E-state index in [1.165, 1.54) is 12.1 Å². The average molecular weight is 495 g/mol. The van der Waals surface area contributed by atoms with Crippen LogP contribution in [0.15, 0.2) is 67.3 Å². The fraction of sp³-hybridized carbons (Fsp3) is 0.148. The third-order valence-corrected chi connectivity index (χ3v) is 6.01. The molecule has 0 saturated carbocycles. The molecule has 184 valence electrons. The number of imidazole rings is 1. The van der Waals surface area contributed by atoms with Crippen molar-refractivity contribution < 1.29 is 9.13 Å². The number of halogens is 1. The quantitative estimate of drug-likeness (QED) is 0.331. The van der Waals surface area contributed by atoms with Gasteiger partial charge in [0.15, 0.2) is 11.5 Å². The van der Waals surface area contributed by atoms with Crippen LogP contribution >= 0.6 is 0 Å². The Morgan fingerprint density at radius 2 is 1.92 bits per heavy atom. The lowest BCUT2D eigenvalue weighted by Gasteiger charge is -2.12. The third-order valence-electron chi connectivity index (χ3n) is 6.01. The summed E-state index contributed by atoms with van der Waals surface area (Å²) in [6.45, 7) is 1.18. The van der Waals surface area contributed by atoms with Crippen molar-refractivity contribution in [3.63, 3.8) is 0 Å². The molecule has 0 aliphatic heterocycles. The SMILES string of the molecule is CN(C)CCOc1cc(F)cc(-c2ccnc3nc(-c4n[nH]c5cnc(-c6cccnc6)cc45)[nH]c23)c1. The molecule has 2 N–H and O–H groups in total. The maximum absolute atomic E-state index is 14.5. The number of likely N-dealkylation sites (N-methyl/N-ethyl adjacent to an activating group) is 1. The summed E-state index contributed by atoms with van der Waals surface area (Å²) in [6.07, 6.45) is 6.89. The van der Waals surface area contributed by atoms with E-state index < -0.39 is 0 Å². The first kappa shape index (κ1) is 22.7. The molecule has 5 aromatic heterocycles. The van der Waals surface area contributed by atoms with E-state index in [0.717, 1.165) is 34.3 Å². The number of nitrogens with one attached hydrogen (secondary N) is 2. The fourth-order valence-electron chi connectivity index (χ4n) is 4.18. The molecule has 0 unspecified atom stereocenters. The second-order valence-corrected chi connectivity index (χ2v) is 8.90. The van der Waals surface area contributed by atoms with E-state index in [9.17, 15) is 4.39 Å². The zero-order chi connectivity index (χ0) is 25.4. The number of ether oxygens (including phenoxy) is 1. The Hall–Kier alpha value is -4.70. The van der Waals surface area contributed by atoms with Crippen LogP contribution in [0.5, 0.6) is 5.75 Å². The van der Waals surface area contributed by atoms with Crippen LogP contribution in [0.4, 0.5) is 4.39 Å². The highest BCUT2D eigenvalue weighted by atomic mass is 19.1. The lowest BCUT2D eigenvalue weighted by atomic mass is 10.1. The molecule has 0 bridgehead atoms. The lowest BCUT2D eigenvalue weighted by Crippen LogP contribution is -2.19. The van der Waals surface area contributed by atoms with Crippen molar-refractivity contribution in [2.75, 3.05) is 27.2 Å². The van der Waals surface area contributed by atoms with Gasteiger partial charge in [-0.15, -0.1) is 0 Å². The van der Waals surface area contributed by atoms with Crippen LogP contribution in [0.1, 0.15) is 0 Å². The van der Waals surface area contributed by atoms with Gasteiger partial charge in [0.1, 0.15) is 23.9 Å². The summed E-state index contributed by atoms with van der Waals surface area (Å²) in [7, 11) is 3.92. The maximum atomic E-state index is 14.5. The van der Waals surface area contributed by atoms with E-state index in [-0.39, 0.29) is 5.82 Å². The summed E-state index contributed by atoms with van der Waals surface area (Å²) in [5.74, 6) is 0.634.